The van der Waals surface area contributed by atoms with E-state index in [0.29, 0.717) is 31.0 Å². The predicted molar refractivity (Wildman–Crippen MR) is 89.7 cm³/mol. The van der Waals surface area contributed by atoms with Crippen molar-refractivity contribution in [1.82, 2.24) is 9.88 Å². The Morgan fingerprint density at radius 3 is 2.91 bits per heavy atom. The molecule has 3 rings (SSSR count). The van der Waals surface area contributed by atoms with E-state index in [1.54, 1.807) is 6.20 Å². The standard InChI is InChI=1S/C18H19ClN2O2/c1-13-9-16(7-8-20-13)23-17-11-21(12-17)18(22)6-5-14-3-2-4-15(19)10-14/h2-4,7-10,17H,5-6,11-12H2,1H3. The lowest BCUT2D eigenvalue weighted by Crippen LogP contribution is -2.56. The topological polar surface area (TPSA) is 42.4 Å². The Morgan fingerprint density at radius 1 is 1.35 bits per heavy atom. The van der Waals surface area contributed by atoms with Gasteiger partial charge in [-0.2, -0.15) is 0 Å². The van der Waals surface area contributed by atoms with Gasteiger partial charge in [-0.3, -0.25) is 9.78 Å². The highest BCUT2D eigenvalue weighted by Crippen LogP contribution is 2.19. The van der Waals surface area contributed by atoms with Gasteiger partial charge in [0.1, 0.15) is 11.9 Å². The Labute approximate surface area is 141 Å². The third kappa shape index (κ3) is 4.23. The zero-order valence-corrected chi connectivity index (χ0v) is 13.8. The zero-order chi connectivity index (χ0) is 16.2. The van der Waals surface area contributed by atoms with Crippen molar-refractivity contribution < 1.29 is 9.53 Å². The first kappa shape index (κ1) is 15.8. The van der Waals surface area contributed by atoms with Crippen LogP contribution in [0.3, 0.4) is 0 Å². The fraction of sp³-hybridized carbons (Fsp3) is 0.333. The summed E-state index contributed by atoms with van der Waals surface area (Å²) < 4.78 is 5.84. The molecular weight excluding hydrogens is 312 g/mol. The SMILES string of the molecule is Cc1cc(OC2CN(C(=O)CCc3cccc(Cl)c3)C2)ccn1. The van der Waals surface area contributed by atoms with E-state index in [9.17, 15) is 4.79 Å². The molecule has 0 aliphatic carbocycles. The lowest BCUT2D eigenvalue weighted by Gasteiger charge is -2.39. The Kier molecular flexibility index (Phi) is 4.82. The van der Waals surface area contributed by atoms with E-state index in [1.807, 2.05) is 48.2 Å². The number of ether oxygens (including phenoxy) is 1. The van der Waals surface area contributed by atoms with Crippen molar-refractivity contribution in [2.75, 3.05) is 13.1 Å². The van der Waals surface area contributed by atoms with Crippen LogP contribution in [-0.2, 0) is 11.2 Å². The number of aromatic nitrogens is 1. The quantitative estimate of drug-likeness (QED) is 0.845. The minimum Gasteiger partial charge on any atom is -0.487 e. The number of carbonyl (C=O) groups is 1. The maximum absolute atomic E-state index is 12.2. The molecule has 1 aliphatic rings. The first-order chi connectivity index (χ1) is 11.1. The molecule has 5 heteroatoms. The van der Waals surface area contributed by atoms with E-state index >= 15 is 0 Å². The molecule has 0 bridgehead atoms. The van der Waals surface area contributed by atoms with Crippen LogP contribution in [0.25, 0.3) is 0 Å². The maximum atomic E-state index is 12.2. The third-order valence-corrected chi connectivity index (χ3v) is 4.12. The van der Waals surface area contributed by atoms with Crippen molar-refractivity contribution in [1.29, 1.82) is 0 Å². The molecule has 1 aliphatic heterocycles. The molecule has 0 radical (unpaired) electrons. The summed E-state index contributed by atoms with van der Waals surface area (Å²) in [7, 11) is 0. The highest BCUT2D eigenvalue weighted by Gasteiger charge is 2.31. The number of nitrogens with zero attached hydrogens (tertiary/aromatic N) is 2. The second-order valence-corrected chi connectivity index (χ2v) is 6.24. The maximum Gasteiger partial charge on any atom is 0.223 e. The highest BCUT2D eigenvalue weighted by molar-refractivity contribution is 6.30. The largest absolute Gasteiger partial charge is 0.487 e. The number of halogens is 1. The number of aryl methyl sites for hydroxylation is 2. The molecule has 0 atom stereocenters. The Morgan fingerprint density at radius 2 is 2.17 bits per heavy atom. The van der Waals surface area contributed by atoms with Gasteiger partial charge >= 0.3 is 0 Å². The van der Waals surface area contributed by atoms with E-state index in [4.69, 9.17) is 16.3 Å². The number of likely N-dealkylation sites (tertiary alicyclic amines) is 1. The van der Waals surface area contributed by atoms with Gasteiger partial charge in [0.05, 0.1) is 13.1 Å². The summed E-state index contributed by atoms with van der Waals surface area (Å²) in [6, 6.07) is 11.4. The van der Waals surface area contributed by atoms with Crippen LogP contribution < -0.4 is 4.74 Å². The average Bonchev–Trinajstić information content (AvgIpc) is 2.48. The normalized spacial score (nSPS) is 14.4. The number of hydrogen-bond donors (Lipinski definition) is 0. The van der Waals surface area contributed by atoms with Crippen LogP contribution in [0, 0.1) is 6.92 Å². The lowest BCUT2D eigenvalue weighted by atomic mass is 10.1. The summed E-state index contributed by atoms with van der Waals surface area (Å²) in [5.74, 6) is 0.976. The van der Waals surface area contributed by atoms with E-state index in [2.05, 4.69) is 4.98 Å². The minimum atomic E-state index is 0.0759. The van der Waals surface area contributed by atoms with E-state index in [0.717, 1.165) is 17.0 Å². The van der Waals surface area contributed by atoms with Crippen LogP contribution >= 0.6 is 11.6 Å². The van der Waals surface area contributed by atoms with Gasteiger partial charge in [-0.25, -0.2) is 0 Å². The van der Waals surface area contributed by atoms with Crippen molar-refractivity contribution in [3.63, 3.8) is 0 Å². The lowest BCUT2D eigenvalue weighted by molar-refractivity contribution is -0.139. The summed E-state index contributed by atoms with van der Waals surface area (Å²) in [6.07, 6.45) is 3.02. The third-order valence-electron chi connectivity index (χ3n) is 3.89. The molecule has 2 heterocycles. The predicted octanol–water partition coefficient (Wildman–Crippen LogP) is 3.27. The van der Waals surface area contributed by atoms with Crippen LogP contribution in [0.15, 0.2) is 42.6 Å². The summed E-state index contributed by atoms with van der Waals surface area (Å²) in [6.45, 7) is 3.23. The molecule has 1 fully saturated rings. The molecule has 2 aromatic rings. The van der Waals surface area contributed by atoms with Gasteiger partial charge in [0, 0.05) is 29.4 Å². The summed E-state index contributed by atoms with van der Waals surface area (Å²) in [5, 5.41) is 0.708. The number of carbonyl (C=O) groups excluding carboxylic acids is 1. The fourth-order valence-corrected chi connectivity index (χ4v) is 2.82. The van der Waals surface area contributed by atoms with Gasteiger partial charge in [-0.15, -0.1) is 0 Å². The molecule has 1 amide bonds. The highest BCUT2D eigenvalue weighted by atomic mass is 35.5. The molecule has 0 saturated carbocycles. The van der Waals surface area contributed by atoms with Crippen LogP contribution in [0.2, 0.25) is 5.02 Å². The second kappa shape index (κ2) is 7.01. The fourth-order valence-electron chi connectivity index (χ4n) is 2.60. The molecular formula is C18H19ClN2O2. The van der Waals surface area contributed by atoms with Crippen LogP contribution in [0.5, 0.6) is 5.75 Å². The average molecular weight is 331 g/mol. The van der Waals surface area contributed by atoms with Crippen LogP contribution in [0.4, 0.5) is 0 Å². The Bertz CT molecular complexity index is 699. The molecule has 23 heavy (non-hydrogen) atoms. The molecule has 120 valence electrons. The van der Waals surface area contributed by atoms with Gasteiger partial charge in [0.2, 0.25) is 5.91 Å². The summed E-state index contributed by atoms with van der Waals surface area (Å²) >= 11 is 5.95. The van der Waals surface area contributed by atoms with E-state index in [1.165, 1.54) is 0 Å². The Balaban J connectivity index is 1.43. The summed E-state index contributed by atoms with van der Waals surface area (Å²) in [4.78, 5) is 18.1. The second-order valence-electron chi connectivity index (χ2n) is 5.80. The number of pyridine rings is 1. The van der Waals surface area contributed by atoms with Gasteiger partial charge in [-0.1, -0.05) is 23.7 Å². The molecule has 1 saturated heterocycles. The molecule has 0 unspecified atom stereocenters. The van der Waals surface area contributed by atoms with Crippen molar-refractivity contribution >= 4 is 17.5 Å². The van der Waals surface area contributed by atoms with E-state index < -0.39 is 0 Å². The molecule has 4 nitrogen and oxygen atoms in total. The molecule has 0 N–H and O–H groups in total. The number of hydrogen-bond acceptors (Lipinski definition) is 3. The smallest absolute Gasteiger partial charge is 0.223 e. The first-order valence-electron chi connectivity index (χ1n) is 7.72. The van der Waals surface area contributed by atoms with Crippen LogP contribution in [-0.4, -0.2) is 35.0 Å². The number of rotatable bonds is 5. The molecule has 1 aromatic carbocycles. The van der Waals surface area contributed by atoms with E-state index in [-0.39, 0.29) is 12.0 Å². The van der Waals surface area contributed by atoms with Crippen LogP contribution in [0.1, 0.15) is 17.7 Å². The summed E-state index contributed by atoms with van der Waals surface area (Å²) in [5.41, 5.74) is 2.02. The number of benzene rings is 1. The van der Waals surface area contributed by atoms with Crippen molar-refractivity contribution in [3.05, 3.63) is 58.9 Å². The Hall–Kier alpha value is -2.07. The minimum absolute atomic E-state index is 0.0759. The van der Waals surface area contributed by atoms with Crippen molar-refractivity contribution in [3.8, 4) is 5.75 Å². The first-order valence-corrected chi connectivity index (χ1v) is 8.09. The van der Waals surface area contributed by atoms with Gasteiger partial charge in [0.25, 0.3) is 0 Å². The van der Waals surface area contributed by atoms with Crippen molar-refractivity contribution in [2.45, 2.75) is 25.9 Å². The monoisotopic (exact) mass is 330 g/mol. The van der Waals surface area contributed by atoms with Crippen molar-refractivity contribution in [2.24, 2.45) is 0 Å². The molecule has 0 spiro atoms. The zero-order valence-electron chi connectivity index (χ0n) is 13.0. The van der Waals surface area contributed by atoms with Gasteiger partial charge < -0.3 is 9.64 Å². The van der Waals surface area contributed by atoms with Gasteiger partial charge in [-0.05, 0) is 37.1 Å². The molecule has 1 aromatic heterocycles. The van der Waals surface area contributed by atoms with Gasteiger partial charge in [0.15, 0.2) is 0 Å². The number of amides is 1.